The Morgan fingerprint density at radius 2 is 2.20 bits per heavy atom. The van der Waals surface area contributed by atoms with E-state index in [1.54, 1.807) is 0 Å². The summed E-state index contributed by atoms with van der Waals surface area (Å²) in [6, 6.07) is 4.29. The van der Waals surface area contributed by atoms with Gasteiger partial charge in [0.25, 0.3) is 0 Å². The van der Waals surface area contributed by atoms with Gasteiger partial charge in [-0.1, -0.05) is 6.07 Å². The molecule has 2 saturated heterocycles. The molecular weight excluding hydrogens is 270 g/mol. The van der Waals surface area contributed by atoms with E-state index in [9.17, 15) is 4.79 Å². The highest BCUT2D eigenvalue weighted by atomic mass is 32.1. The zero-order valence-corrected chi connectivity index (χ0v) is 13.1. The van der Waals surface area contributed by atoms with E-state index in [1.165, 1.54) is 4.88 Å². The van der Waals surface area contributed by atoms with Crippen molar-refractivity contribution in [3.8, 4) is 0 Å². The van der Waals surface area contributed by atoms with E-state index in [0.29, 0.717) is 11.8 Å². The van der Waals surface area contributed by atoms with Crippen LogP contribution in [0.15, 0.2) is 17.5 Å². The molecule has 0 N–H and O–H groups in total. The summed E-state index contributed by atoms with van der Waals surface area (Å²) in [5.41, 5.74) is 0. The molecule has 0 radical (unpaired) electrons. The zero-order valence-electron chi connectivity index (χ0n) is 12.3. The predicted octanol–water partition coefficient (Wildman–Crippen LogP) is 1.20. The van der Waals surface area contributed by atoms with Gasteiger partial charge in [0.05, 0.1) is 5.92 Å². The average Bonchev–Trinajstić information content (AvgIpc) is 3.08. The van der Waals surface area contributed by atoms with E-state index in [1.807, 2.05) is 11.3 Å². The van der Waals surface area contributed by atoms with Crippen molar-refractivity contribution in [1.29, 1.82) is 0 Å². The highest BCUT2D eigenvalue weighted by molar-refractivity contribution is 7.09. The summed E-state index contributed by atoms with van der Waals surface area (Å²) in [5, 5.41) is 2.13. The van der Waals surface area contributed by atoms with Crippen molar-refractivity contribution in [2.24, 2.45) is 11.8 Å². The summed E-state index contributed by atoms with van der Waals surface area (Å²) in [6.45, 7) is 5.83. The summed E-state index contributed by atoms with van der Waals surface area (Å²) >= 11 is 1.81. The van der Waals surface area contributed by atoms with Crippen LogP contribution >= 0.6 is 11.3 Å². The van der Waals surface area contributed by atoms with Gasteiger partial charge >= 0.3 is 0 Å². The Bertz CT molecular complexity index is 460. The number of rotatable bonds is 5. The quantitative estimate of drug-likeness (QED) is 0.816. The van der Waals surface area contributed by atoms with Crippen molar-refractivity contribution in [3.05, 3.63) is 22.4 Å². The molecule has 0 aromatic carbocycles. The normalized spacial score (nSPS) is 26.8. The molecule has 0 bridgehead atoms. The van der Waals surface area contributed by atoms with Crippen molar-refractivity contribution < 1.29 is 4.79 Å². The molecule has 3 rings (SSSR count). The van der Waals surface area contributed by atoms with Crippen molar-refractivity contribution >= 4 is 17.2 Å². The summed E-state index contributed by atoms with van der Waals surface area (Å²) in [6.07, 6.45) is 0. The van der Waals surface area contributed by atoms with Gasteiger partial charge < -0.3 is 9.80 Å². The Morgan fingerprint density at radius 3 is 2.85 bits per heavy atom. The SMILES string of the molecule is CN(C)CCN1C[C@H]2CN(Cc3cccs3)C[C@H]2C1=O. The van der Waals surface area contributed by atoms with E-state index in [0.717, 1.165) is 39.3 Å². The highest BCUT2D eigenvalue weighted by Gasteiger charge is 2.45. The number of likely N-dealkylation sites (tertiary alicyclic amines) is 2. The van der Waals surface area contributed by atoms with E-state index < -0.39 is 0 Å². The highest BCUT2D eigenvalue weighted by Crippen LogP contribution is 2.33. The molecule has 2 aliphatic heterocycles. The van der Waals surface area contributed by atoms with Crippen LogP contribution < -0.4 is 0 Å². The minimum absolute atomic E-state index is 0.247. The molecule has 2 aliphatic rings. The first-order valence-electron chi connectivity index (χ1n) is 7.31. The van der Waals surface area contributed by atoms with Crippen LogP contribution in [0.4, 0.5) is 0 Å². The van der Waals surface area contributed by atoms with Gasteiger partial charge in [-0.3, -0.25) is 9.69 Å². The van der Waals surface area contributed by atoms with Crippen LogP contribution in [0, 0.1) is 11.8 Å². The molecular formula is C15H23N3OS. The van der Waals surface area contributed by atoms with Crippen molar-refractivity contribution in [3.63, 3.8) is 0 Å². The number of hydrogen-bond donors (Lipinski definition) is 0. The van der Waals surface area contributed by atoms with E-state index in [4.69, 9.17) is 0 Å². The summed E-state index contributed by atoms with van der Waals surface area (Å²) < 4.78 is 0. The second kappa shape index (κ2) is 5.84. The zero-order chi connectivity index (χ0) is 14.1. The van der Waals surface area contributed by atoms with Gasteiger partial charge in [-0.15, -0.1) is 11.3 Å². The second-order valence-corrected chi connectivity index (χ2v) is 7.26. The maximum absolute atomic E-state index is 12.4. The monoisotopic (exact) mass is 293 g/mol. The first kappa shape index (κ1) is 14.0. The molecule has 1 aromatic rings. The molecule has 110 valence electrons. The third-order valence-corrected chi connectivity index (χ3v) is 5.24. The average molecular weight is 293 g/mol. The van der Waals surface area contributed by atoms with E-state index >= 15 is 0 Å². The number of hydrogen-bond acceptors (Lipinski definition) is 4. The molecule has 2 atom stereocenters. The van der Waals surface area contributed by atoms with Crippen LogP contribution in [0.3, 0.4) is 0 Å². The number of likely N-dealkylation sites (N-methyl/N-ethyl adjacent to an activating group) is 1. The first-order valence-corrected chi connectivity index (χ1v) is 8.19. The van der Waals surface area contributed by atoms with Gasteiger partial charge in [0.2, 0.25) is 5.91 Å². The van der Waals surface area contributed by atoms with Gasteiger partial charge in [-0.2, -0.15) is 0 Å². The maximum atomic E-state index is 12.4. The number of nitrogens with zero attached hydrogens (tertiary/aromatic N) is 3. The fraction of sp³-hybridized carbons (Fsp3) is 0.667. The van der Waals surface area contributed by atoms with Crippen LogP contribution in [-0.2, 0) is 11.3 Å². The minimum Gasteiger partial charge on any atom is -0.341 e. The maximum Gasteiger partial charge on any atom is 0.227 e. The topological polar surface area (TPSA) is 26.8 Å². The van der Waals surface area contributed by atoms with Gasteiger partial charge in [-0.05, 0) is 25.5 Å². The molecule has 3 heterocycles. The molecule has 2 fully saturated rings. The lowest BCUT2D eigenvalue weighted by Crippen LogP contribution is -2.36. The van der Waals surface area contributed by atoms with Gasteiger partial charge in [-0.25, -0.2) is 0 Å². The standard InChI is InChI=1S/C15H23N3OS/c1-16(2)5-6-18-9-12-8-17(11-14(12)15(18)19)10-13-4-3-7-20-13/h3-4,7,12,14H,5-6,8-11H2,1-2H3/t12-,14-/m1/s1. The van der Waals surface area contributed by atoms with Crippen LogP contribution in [-0.4, -0.2) is 67.4 Å². The van der Waals surface area contributed by atoms with Crippen LogP contribution in [0.1, 0.15) is 4.88 Å². The van der Waals surface area contributed by atoms with E-state index in [2.05, 4.69) is 46.3 Å². The van der Waals surface area contributed by atoms with Crippen molar-refractivity contribution in [2.75, 3.05) is 46.8 Å². The number of fused-ring (bicyclic) bond motifs is 1. The molecule has 0 unspecified atom stereocenters. The third-order valence-electron chi connectivity index (χ3n) is 4.38. The van der Waals surface area contributed by atoms with Gasteiger partial charge in [0, 0.05) is 50.1 Å². The molecule has 20 heavy (non-hydrogen) atoms. The van der Waals surface area contributed by atoms with Crippen molar-refractivity contribution in [1.82, 2.24) is 14.7 Å². The Balaban J connectivity index is 1.53. The molecule has 0 aliphatic carbocycles. The first-order chi connectivity index (χ1) is 9.63. The molecule has 4 nitrogen and oxygen atoms in total. The number of amides is 1. The number of carbonyl (C=O) groups excluding carboxylic acids is 1. The smallest absolute Gasteiger partial charge is 0.227 e. The fourth-order valence-electron chi connectivity index (χ4n) is 3.31. The second-order valence-electron chi connectivity index (χ2n) is 6.23. The summed E-state index contributed by atoms with van der Waals surface area (Å²) in [4.78, 5) is 20.5. The lowest BCUT2D eigenvalue weighted by molar-refractivity contribution is -0.131. The number of carbonyl (C=O) groups is 1. The molecule has 5 heteroatoms. The largest absolute Gasteiger partial charge is 0.341 e. The van der Waals surface area contributed by atoms with Crippen LogP contribution in [0.5, 0.6) is 0 Å². The molecule has 0 spiro atoms. The lowest BCUT2D eigenvalue weighted by atomic mass is 10.0. The minimum atomic E-state index is 0.247. The summed E-state index contributed by atoms with van der Waals surface area (Å²) in [7, 11) is 4.12. The Hall–Kier alpha value is -0.910. The Morgan fingerprint density at radius 1 is 1.35 bits per heavy atom. The fourth-order valence-corrected chi connectivity index (χ4v) is 4.05. The third kappa shape index (κ3) is 2.90. The van der Waals surface area contributed by atoms with E-state index in [-0.39, 0.29) is 5.92 Å². The summed E-state index contributed by atoms with van der Waals surface area (Å²) in [5.74, 6) is 1.17. The Kier molecular flexibility index (Phi) is 4.10. The predicted molar refractivity (Wildman–Crippen MR) is 81.7 cm³/mol. The van der Waals surface area contributed by atoms with Crippen LogP contribution in [0.25, 0.3) is 0 Å². The van der Waals surface area contributed by atoms with Crippen LogP contribution in [0.2, 0.25) is 0 Å². The lowest BCUT2D eigenvalue weighted by Gasteiger charge is -2.22. The van der Waals surface area contributed by atoms with Gasteiger partial charge in [0.15, 0.2) is 0 Å². The molecule has 1 amide bonds. The Labute approximate surface area is 125 Å². The molecule has 1 aromatic heterocycles. The van der Waals surface area contributed by atoms with Gasteiger partial charge in [0.1, 0.15) is 0 Å². The molecule has 0 saturated carbocycles. The number of thiophene rings is 1. The van der Waals surface area contributed by atoms with Crippen molar-refractivity contribution in [2.45, 2.75) is 6.54 Å².